The molecule has 0 aliphatic rings. The SMILES string of the molecule is Cc1cnc(COc2cccnc2C)o1. The lowest BCUT2D eigenvalue weighted by Gasteiger charge is -2.05. The van der Waals surface area contributed by atoms with E-state index >= 15 is 0 Å². The lowest BCUT2D eigenvalue weighted by molar-refractivity contribution is 0.258. The topological polar surface area (TPSA) is 48.2 Å². The Kier molecular flexibility index (Phi) is 2.67. The minimum Gasteiger partial charge on any atom is -0.482 e. The fourth-order valence-electron chi connectivity index (χ4n) is 1.23. The molecule has 0 aliphatic heterocycles. The number of hydrogen-bond donors (Lipinski definition) is 0. The number of aryl methyl sites for hydroxylation is 2. The standard InChI is InChI=1S/C11H12N2O2/c1-8-6-13-11(15-8)7-14-10-4-3-5-12-9(10)2/h3-6H,7H2,1-2H3. The largest absolute Gasteiger partial charge is 0.482 e. The third-order valence-corrected chi connectivity index (χ3v) is 1.98. The zero-order valence-electron chi connectivity index (χ0n) is 8.73. The average Bonchev–Trinajstić information content (AvgIpc) is 2.63. The highest BCUT2D eigenvalue weighted by molar-refractivity contribution is 5.25. The minimum absolute atomic E-state index is 0.334. The summed E-state index contributed by atoms with van der Waals surface area (Å²) in [5, 5.41) is 0. The van der Waals surface area contributed by atoms with Crippen LogP contribution in [0.2, 0.25) is 0 Å². The van der Waals surface area contributed by atoms with Crippen LogP contribution in [-0.4, -0.2) is 9.97 Å². The van der Waals surface area contributed by atoms with Crippen LogP contribution in [0.15, 0.2) is 28.9 Å². The minimum atomic E-state index is 0.334. The van der Waals surface area contributed by atoms with Crippen LogP contribution in [-0.2, 0) is 6.61 Å². The van der Waals surface area contributed by atoms with Crippen LogP contribution >= 0.6 is 0 Å². The maximum atomic E-state index is 5.52. The van der Waals surface area contributed by atoms with Gasteiger partial charge in [-0.1, -0.05) is 0 Å². The predicted octanol–water partition coefficient (Wildman–Crippen LogP) is 2.27. The van der Waals surface area contributed by atoms with Crippen molar-refractivity contribution in [2.45, 2.75) is 20.5 Å². The van der Waals surface area contributed by atoms with Crippen LogP contribution in [0.25, 0.3) is 0 Å². The van der Waals surface area contributed by atoms with Crippen LogP contribution in [0.4, 0.5) is 0 Å². The number of hydrogen-bond acceptors (Lipinski definition) is 4. The lowest BCUT2D eigenvalue weighted by Crippen LogP contribution is -1.97. The number of ether oxygens (including phenoxy) is 1. The number of pyridine rings is 1. The average molecular weight is 204 g/mol. The van der Waals surface area contributed by atoms with Crippen LogP contribution in [0.5, 0.6) is 5.75 Å². The number of oxazole rings is 1. The molecule has 0 N–H and O–H groups in total. The Balaban J connectivity index is 2.02. The molecule has 0 spiro atoms. The normalized spacial score (nSPS) is 10.3. The highest BCUT2D eigenvalue weighted by atomic mass is 16.5. The molecule has 4 nitrogen and oxygen atoms in total. The predicted molar refractivity (Wildman–Crippen MR) is 54.5 cm³/mol. The monoisotopic (exact) mass is 204 g/mol. The molecule has 15 heavy (non-hydrogen) atoms. The third kappa shape index (κ3) is 2.34. The fraction of sp³-hybridized carbons (Fsp3) is 0.273. The molecule has 0 aromatic carbocycles. The van der Waals surface area contributed by atoms with Gasteiger partial charge in [0.25, 0.3) is 0 Å². The Labute approximate surface area is 87.9 Å². The molecule has 0 aliphatic carbocycles. The third-order valence-electron chi connectivity index (χ3n) is 1.98. The summed E-state index contributed by atoms with van der Waals surface area (Å²) < 4.78 is 10.8. The molecule has 4 heteroatoms. The summed E-state index contributed by atoms with van der Waals surface area (Å²) in [7, 11) is 0. The molecule has 2 aromatic heterocycles. The van der Waals surface area contributed by atoms with E-state index in [4.69, 9.17) is 9.15 Å². The number of rotatable bonds is 3. The Morgan fingerprint density at radius 3 is 2.87 bits per heavy atom. The second kappa shape index (κ2) is 4.13. The van der Waals surface area contributed by atoms with E-state index in [9.17, 15) is 0 Å². The lowest BCUT2D eigenvalue weighted by atomic mass is 10.3. The first-order valence-electron chi connectivity index (χ1n) is 4.71. The maximum absolute atomic E-state index is 5.52. The van der Waals surface area contributed by atoms with Gasteiger partial charge in [0.1, 0.15) is 11.5 Å². The zero-order chi connectivity index (χ0) is 10.7. The van der Waals surface area contributed by atoms with Gasteiger partial charge in [-0.2, -0.15) is 0 Å². The van der Waals surface area contributed by atoms with E-state index in [1.807, 2.05) is 26.0 Å². The van der Waals surface area contributed by atoms with E-state index in [0.717, 1.165) is 17.2 Å². The molecule has 0 bridgehead atoms. The summed E-state index contributed by atoms with van der Waals surface area (Å²) in [6, 6.07) is 3.71. The maximum Gasteiger partial charge on any atom is 0.232 e. The summed E-state index contributed by atoms with van der Waals surface area (Å²) in [6.07, 6.45) is 3.41. The summed E-state index contributed by atoms with van der Waals surface area (Å²) >= 11 is 0. The molecule has 2 aromatic rings. The second-order valence-electron chi connectivity index (χ2n) is 3.24. The molecule has 2 heterocycles. The van der Waals surface area contributed by atoms with Crippen LogP contribution in [0, 0.1) is 13.8 Å². The molecule has 0 amide bonds. The van der Waals surface area contributed by atoms with E-state index in [1.165, 1.54) is 0 Å². The van der Waals surface area contributed by atoms with E-state index in [2.05, 4.69) is 9.97 Å². The van der Waals surface area contributed by atoms with Gasteiger partial charge in [-0.05, 0) is 26.0 Å². The zero-order valence-corrected chi connectivity index (χ0v) is 8.73. The van der Waals surface area contributed by atoms with Crippen molar-refractivity contribution in [1.82, 2.24) is 9.97 Å². The van der Waals surface area contributed by atoms with Gasteiger partial charge in [-0.3, -0.25) is 4.98 Å². The van der Waals surface area contributed by atoms with E-state index in [0.29, 0.717) is 12.5 Å². The molecule has 0 fully saturated rings. The molecule has 0 atom stereocenters. The summed E-state index contributed by atoms with van der Waals surface area (Å²) in [5.41, 5.74) is 0.862. The van der Waals surface area contributed by atoms with Gasteiger partial charge < -0.3 is 9.15 Å². The van der Waals surface area contributed by atoms with Crippen molar-refractivity contribution >= 4 is 0 Å². The molecular weight excluding hydrogens is 192 g/mol. The Morgan fingerprint density at radius 1 is 1.33 bits per heavy atom. The first kappa shape index (κ1) is 9.71. The van der Waals surface area contributed by atoms with E-state index < -0.39 is 0 Å². The first-order valence-corrected chi connectivity index (χ1v) is 4.71. The molecule has 0 saturated heterocycles. The summed E-state index contributed by atoms with van der Waals surface area (Å²) in [4.78, 5) is 8.17. The quantitative estimate of drug-likeness (QED) is 0.769. The van der Waals surface area contributed by atoms with Gasteiger partial charge in [-0.25, -0.2) is 4.98 Å². The van der Waals surface area contributed by atoms with Crippen molar-refractivity contribution in [3.63, 3.8) is 0 Å². The first-order chi connectivity index (χ1) is 7.25. The van der Waals surface area contributed by atoms with Gasteiger partial charge in [0.05, 0.1) is 11.9 Å². The van der Waals surface area contributed by atoms with Gasteiger partial charge in [-0.15, -0.1) is 0 Å². The van der Waals surface area contributed by atoms with Crippen molar-refractivity contribution < 1.29 is 9.15 Å². The van der Waals surface area contributed by atoms with Gasteiger partial charge >= 0.3 is 0 Å². The molecule has 0 saturated carbocycles. The summed E-state index contributed by atoms with van der Waals surface area (Å²) in [5.74, 6) is 2.13. The van der Waals surface area contributed by atoms with Crippen LogP contribution in [0.3, 0.4) is 0 Å². The van der Waals surface area contributed by atoms with Gasteiger partial charge in [0.15, 0.2) is 6.61 Å². The molecule has 0 radical (unpaired) electrons. The van der Waals surface area contributed by atoms with Crippen molar-refractivity contribution in [3.05, 3.63) is 41.9 Å². The van der Waals surface area contributed by atoms with Crippen LogP contribution < -0.4 is 4.74 Å². The molecule has 2 rings (SSSR count). The highest BCUT2D eigenvalue weighted by Crippen LogP contribution is 2.15. The van der Waals surface area contributed by atoms with E-state index in [-0.39, 0.29) is 0 Å². The second-order valence-corrected chi connectivity index (χ2v) is 3.24. The Hall–Kier alpha value is -1.84. The molecule has 78 valence electrons. The van der Waals surface area contributed by atoms with Crippen molar-refractivity contribution in [2.75, 3.05) is 0 Å². The van der Waals surface area contributed by atoms with E-state index in [1.54, 1.807) is 12.4 Å². The summed E-state index contributed by atoms with van der Waals surface area (Å²) in [6.45, 7) is 4.09. The van der Waals surface area contributed by atoms with Crippen molar-refractivity contribution in [3.8, 4) is 5.75 Å². The Bertz CT molecular complexity index is 451. The number of nitrogens with zero attached hydrogens (tertiary/aromatic N) is 2. The highest BCUT2D eigenvalue weighted by Gasteiger charge is 2.03. The fourth-order valence-corrected chi connectivity index (χ4v) is 1.23. The molecule has 0 unspecified atom stereocenters. The van der Waals surface area contributed by atoms with Crippen LogP contribution in [0.1, 0.15) is 17.3 Å². The molecular formula is C11H12N2O2. The van der Waals surface area contributed by atoms with Crippen molar-refractivity contribution in [1.29, 1.82) is 0 Å². The smallest absolute Gasteiger partial charge is 0.232 e. The van der Waals surface area contributed by atoms with Crippen molar-refractivity contribution in [2.24, 2.45) is 0 Å². The number of aromatic nitrogens is 2. The Morgan fingerprint density at radius 2 is 2.20 bits per heavy atom. The van der Waals surface area contributed by atoms with Gasteiger partial charge in [0, 0.05) is 6.20 Å². The van der Waals surface area contributed by atoms with Gasteiger partial charge in [0.2, 0.25) is 5.89 Å².